The van der Waals surface area contributed by atoms with E-state index in [9.17, 15) is 0 Å². The highest BCUT2D eigenvalue weighted by Crippen LogP contribution is 2.12. The summed E-state index contributed by atoms with van der Waals surface area (Å²) in [6.07, 6.45) is 0. The molecule has 0 N–H and O–H groups in total. The Hall–Kier alpha value is -2.52. The van der Waals surface area contributed by atoms with Gasteiger partial charge < -0.3 is 0 Å². The Balaban J connectivity index is 0.000000960. The monoisotopic (exact) mass is 324 g/mol. The molecule has 0 fully saturated rings. The minimum absolute atomic E-state index is 0. The minimum Gasteiger partial charge on any atom is -0.269 e. The SMILES string of the molecule is F.F.c1ccc2c([SiH2]c3cccc4ccccc34)cccc2c1. The van der Waals surface area contributed by atoms with Crippen molar-refractivity contribution in [3.63, 3.8) is 0 Å². The summed E-state index contributed by atoms with van der Waals surface area (Å²) in [5, 5.41) is 8.60. The van der Waals surface area contributed by atoms with E-state index in [-0.39, 0.29) is 9.41 Å². The Morgan fingerprint density at radius 3 is 1.30 bits per heavy atom. The first-order chi connectivity index (χ1) is 10.4. The van der Waals surface area contributed by atoms with E-state index in [4.69, 9.17) is 0 Å². The van der Waals surface area contributed by atoms with E-state index in [1.54, 1.807) is 0 Å². The summed E-state index contributed by atoms with van der Waals surface area (Å²) in [6.45, 7) is 0. The molecule has 0 amide bonds. The van der Waals surface area contributed by atoms with Crippen molar-refractivity contribution >= 4 is 41.4 Å². The maximum atomic E-state index is 2.30. The van der Waals surface area contributed by atoms with Gasteiger partial charge in [0.1, 0.15) is 0 Å². The lowest BCUT2D eigenvalue weighted by atomic mass is 10.1. The Labute approximate surface area is 136 Å². The van der Waals surface area contributed by atoms with E-state index in [1.807, 2.05) is 0 Å². The van der Waals surface area contributed by atoms with Gasteiger partial charge in [-0.2, -0.15) is 0 Å². The Bertz CT molecular complexity index is 847. The van der Waals surface area contributed by atoms with Gasteiger partial charge in [-0.3, -0.25) is 9.41 Å². The predicted octanol–water partition coefficient (Wildman–Crippen LogP) is 3.42. The van der Waals surface area contributed by atoms with Crippen molar-refractivity contribution in [2.45, 2.75) is 0 Å². The van der Waals surface area contributed by atoms with Gasteiger partial charge in [-0.1, -0.05) is 95.3 Å². The van der Waals surface area contributed by atoms with E-state index in [2.05, 4.69) is 84.9 Å². The lowest BCUT2D eigenvalue weighted by molar-refractivity contribution is 1.11. The predicted molar refractivity (Wildman–Crippen MR) is 101 cm³/mol. The number of benzene rings is 4. The van der Waals surface area contributed by atoms with Crippen molar-refractivity contribution in [1.29, 1.82) is 0 Å². The van der Waals surface area contributed by atoms with Gasteiger partial charge >= 0.3 is 0 Å². The van der Waals surface area contributed by atoms with Crippen molar-refractivity contribution in [1.82, 2.24) is 0 Å². The number of hydrogen-bond donors (Lipinski definition) is 0. The van der Waals surface area contributed by atoms with Crippen LogP contribution in [0.3, 0.4) is 0 Å². The first kappa shape index (κ1) is 16.8. The molecule has 0 saturated heterocycles. The zero-order chi connectivity index (χ0) is 14.1. The number of rotatable bonds is 2. The second-order valence-corrected chi connectivity index (χ2v) is 7.33. The maximum Gasteiger partial charge on any atom is 0.0891 e. The van der Waals surface area contributed by atoms with Gasteiger partial charge in [-0.05, 0) is 21.5 Å². The summed E-state index contributed by atoms with van der Waals surface area (Å²) >= 11 is 0. The number of fused-ring (bicyclic) bond motifs is 2. The molecule has 0 aromatic heterocycles. The molecule has 0 nitrogen and oxygen atoms in total. The van der Waals surface area contributed by atoms with Crippen LogP contribution in [0.15, 0.2) is 84.9 Å². The van der Waals surface area contributed by atoms with Gasteiger partial charge in [-0.25, -0.2) is 0 Å². The molecule has 0 aliphatic heterocycles. The van der Waals surface area contributed by atoms with Crippen LogP contribution in [0.25, 0.3) is 21.5 Å². The molecule has 0 unspecified atom stereocenters. The summed E-state index contributed by atoms with van der Waals surface area (Å²) in [7, 11) is -0.478. The van der Waals surface area contributed by atoms with Gasteiger partial charge in [0.15, 0.2) is 0 Å². The third-order valence-electron chi connectivity index (χ3n) is 4.14. The lowest BCUT2D eigenvalue weighted by Gasteiger charge is -2.09. The van der Waals surface area contributed by atoms with Gasteiger partial charge in [0.2, 0.25) is 0 Å². The largest absolute Gasteiger partial charge is 0.269 e. The molecule has 0 atom stereocenters. The van der Waals surface area contributed by atoms with Crippen LogP contribution < -0.4 is 10.4 Å². The molecule has 0 bridgehead atoms. The minimum atomic E-state index is -0.478. The van der Waals surface area contributed by atoms with Crippen LogP contribution in [-0.2, 0) is 0 Å². The molecule has 116 valence electrons. The van der Waals surface area contributed by atoms with Crippen molar-refractivity contribution in [3.8, 4) is 0 Å². The highest BCUT2D eigenvalue weighted by Gasteiger charge is 2.05. The molecule has 0 heterocycles. The van der Waals surface area contributed by atoms with Crippen molar-refractivity contribution in [2.75, 3.05) is 0 Å². The summed E-state index contributed by atoms with van der Waals surface area (Å²) in [5.74, 6) is 0. The third-order valence-corrected chi connectivity index (χ3v) is 6.14. The number of hydrogen-bond acceptors (Lipinski definition) is 0. The quantitative estimate of drug-likeness (QED) is 0.496. The second-order valence-electron chi connectivity index (χ2n) is 5.45. The molecular weight excluding hydrogens is 306 g/mol. The van der Waals surface area contributed by atoms with E-state index >= 15 is 0 Å². The summed E-state index contributed by atoms with van der Waals surface area (Å²) in [4.78, 5) is 0. The fraction of sp³-hybridized carbons (Fsp3) is 0. The summed E-state index contributed by atoms with van der Waals surface area (Å²) in [5.41, 5.74) is 0. The van der Waals surface area contributed by atoms with E-state index in [0.717, 1.165) is 0 Å². The Kier molecular flexibility index (Phi) is 5.24. The molecular formula is C20H18F2Si. The molecule has 0 radical (unpaired) electrons. The third kappa shape index (κ3) is 3.15. The second kappa shape index (κ2) is 7.16. The number of halogens is 2. The molecule has 4 aromatic rings. The van der Waals surface area contributed by atoms with Crippen LogP contribution in [-0.4, -0.2) is 9.52 Å². The van der Waals surface area contributed by atoms with Crippen LogP contribution >= 0.6 is 0 Å². The van der Waals surface area contributed by atoms with E-state index in [0.29, 0.717) is 0 Å². The van der Waals surface area contributed by atoms with Crippen LogP contribution in [0.4, 0.5) is 9.41 Å². The normalized spacial score (nSPS) is 10.1. The molecule has 0 aliphatic carbocycles. The van der Waals surface area contributed by atoms with Gasteiger partial charge in [0, 0.05) is 0 Å². The van der Waals surface area contributed by atoms with E-state index < -0.39 is 9.52 Å². The molecule has 3 heteroatoms. The topological polar surface area (TPSA) is 0 Å². The Morgan fingerprint density at radius 2 is 0.826 bits per heavy atom. The molecule has 0 aliphatic rings. The lowest BCUT2D eigenvalue weighted by Crippen LogP contribution is -2.28. The fourth-order valence-corrected chi connectivity index (χ4v) is 5.04. The molecule has 0 saturated carbocycles. The van der Waals surface area contributed by atoms with Crippen molar-refractivity contribution < 1.29 is 9.41 Å². The highest BCUT2D eigenvalue weighted by molar-refractivity contribution is 6.72. The van der Waals surface area contributed by atoms with Crippen molar-refractivity contribution in [3.05, 3.63) is 84.9 Å². The van der Waals surface area contributed by atoms with Crippen LogP contribution in [0, 0.1) is 0 Å². The summed E-state index contributed by atoms with van der Waals surface area (Å²) in [6, 6.07) is 30.8. The average molecular weight is 324 g/mol. The van der Waals surface area contributed by atoms with Crippen LogP contribution in [0.2, 0.25) is 0 Å². The smallest absolute Gasteiger partial charge is 0.0891 e. The maximum absolute atomic E-state index is 2.30. The Morgan fingerprint density at radius 1 is 0.435 bits per heavy atom. The van der Waals surface area contributed by atoms with Gasteiger partial charge in [0.05, 0.1) is 9.52 Å². The van der Waals surface area contributed by atoms with Crippen molar-refractivity contribution in [2.24, 2.45) is 0 Å². The van der Waals surface area contributed by atoms with Crippen LogP contribution in [0.1, 0.15) is 0 Å². The van der Waals surface area contributed by atoms with Crippen LogP contribution in [0.5, 0.6) is 0 Å². The average Bonchev–Trinajstić information content (AvgIpc) is 2.56. The molecule has 4 rings (SSSR count). The first-order valence-electron chi connectivity index (χ1n) is 7.35. The zero-order valence-electron chi connectivity index (χ0n) is 12.6. The summed E-state index contributed by atoms with van der Waals surface area (Å²) < 4.78 is 0. The fourth-order valence-electron chi connectivity index (χ4n) is 3.10. The van der Waals surface area contributed by atoms with E-state index in [1.165, 1.54) is 31.9 Å². The standard InChI is InChI=1S/C20H16Si.2FH/c1-3-11-17-15(7-1)9-5-13-19(17)21-20-14-6-10-16-8-2-4-12-18(16)20;;/h1-14H,21H2;2*1H. The highest BCUT2D eigenvalue weighted by atomic mass is 28.2. The molecule has 23 heavy (non-hydrogen) atoms. The van der Waals surface area contributed by atoms with Gasteiger partial charge in [0.25, 0.3) is 0 Å². The zero-order valence-corrected chi connectivity index (χ0v) is 14.0. The van der Waals surface area contributed by atoms with Gasteiger partial charge in [-0.15, -0.1) is 0 Å². The molecule has 0 spiro atoms. The first-order valence-corrected chi connectivity index (χ1v) is 8.76. The molecule has 4 aromatic carbocycles.